The quantitative estimate of drug-likeness (QED) is 0.529. The number of hydrogen-bond donors (Lipinski definition) is 1. The molecule has 0 heterocycles. The van der Waals surface area contributed by atoms with E-state index >= 15 is 0 Å². The first-order chi connectivity index (χ1) is 2.56. The summed E-state index contributed by atoms with van der Waals surface area (Å²) < 4.78 is 0. The van der Waals surface area contributed by atoms with Crippen molar-refractivity contribution in [1.29, 1.82) is 0 Å². The van der Waals surface area contributed by atoms with Gasteiger partial charge in [-0.3, -0.25) is 0 Å². The Morgan fingerprint density at radius 1 is 1.67 bits per heavy atom. The molecule has 0 aromatic heterocycles. The zero-order chi connectivity index (χ0) is 5.21. The van der Waals surface area contributed by atoms with E-state index in [4.69, 9.17) is 5.11 Å². The van der Waals surface area contributed by atoms with Crippen LogP contribution < -0.4 is 0 Å². The van der Waals surface area contributed by atoms with Gasteiger partial charge in [0.2, 0.25) is 0 Å². The van der Waals surface area contributed by atoms with Crippen LogP contribution in [0.5, 0.6) is 0 Å². The second-order valence-corrected chi connectivity index (χ2v) is 2.63. The van der Waals surface area contributed by atoms with Crippen LogP contribution in [0.2, 0.25) is 5.32 Å². The summed E-state index contributed by atoms with van der Waals surface area (Å²) in [4.78, 5) is 0. The van der Waals surface area contributed by atoms with E-state index in [1.165, 1.54) is 0 Å². The van der Waals surface area contributed by atoms with E-state index in [2.05, 4.69) is 16.0 Å². The Hall–Kier alpha value is 0.479. The molecule has 0 aliphatic rings. The van der Waals surface area contributed by atoms with Gasteiger partial charge in [0.1, 0.15) is 0 Å². The van der Waals surface area contributed by atoms with Crippen LogP contribution >= 0.6 is 0 Å². The molecule has 0 atom stereocenters. The van der Waals surface area contributed by atoms with Gasteiger partial charge in [0.05, 0.1) is 0 Å². The van der Waals surface area contributed by atoms with Gasteiger partial charge in [-0.1, -0.05) is 0 Å². The minimum absolute atomic E-state index is 0.486. The van der Waals surface area contributed by atoms with Gasteiger partial charge in [0, 0.05) is 0 Å². The fourth-order valence-electron chi connectivity index (χ4n) is 0. The molecule has 0 aliphatic carbocycles. The molecule has 38 valence electrons. The summed E-state index contributed by atoms with van der Waals surface area (Å²) in [6, 6.07) is 0. The fraction of sp³-hybridized carbons (Fsp3) is 1.00. The second kappa shape index (κ2) is 1.97. The molecule has 0 bridgehead atoms. The van der Waals surface area contributed by atoms with Crippen molar-refractivity contribution in [3.8, 4) is 0 Å². The molecule has 1 N–H and O–H groups in total. The zero-order valence-electron chi connectivity index (χ0n) is 4.10. The molecule has 0 spiro atoms. The standard InChI is InChI=1S/C4H10OSe/c1-4(2,5)3-6/h5-6H,3H2,1-2H3. The van der Waals surface area contributed by atoms with Gasteiger partial charge >= 0.3 is 45.9 Å². The van der Waals surface area contributed by atoms with Crippen LogP contribution in [0.25, 0.3) is 0 Å². The van der Waals surface area contributed by atoms with Gasteiger partial charge in [-0.25, -0.2) is 0 Å². The molecule has 0 aromatic carbocycles. The van der Waals surface area contributed by atoms with Crippen molar-refractivity contribution in [2.75, 3.05) is 0 Å². The van der Waals surface area contributed by atoms with Crippen molar-refractivity contribution in [2.24, 2.45) is 0 Å². The number of aliphatic hydroxyl groups is 1. The van der Waals surface area contributed by atoms with E-state index in [-0.39, 0.29) is 0 Å². The summed E-state index contributed by atoms with van der Waals surface area (Å²) in [5.74, 6) is 0. The minimum atomic E-state index is -0.486. The SMILES string of the molecule is CC(C)(O)C[SeH]. The summed E-state index contributed by atoms with van der Waals surface area (Å²) in [6.45, 7) is 3.57. The first-order valence-corrected chi connectivity index (χ1v) is 3.22. The van der Waals surface area contributed by atoms with Gasteiger partial charge in [0.25, 0.3) is 0 Å². The molecule has 0 saturated heterocycles. The van der Waals surface area contributed by atoms with Crippen molar-refractivity contribution < 1.29 is 5.11 Å². The topological polar surface area (TPSA) is 20.2 Å². The predicted molar refractivity (Wildman–Crippen MR) is 28.3 cm³/mol. The normalized spacial score (nSPS) is 12.0. The Labute approximate surface area is 46.6 Å². The van der Waals surface area contributed by atoms with Crippen molar-refractivity contribution in [2.45, 2.75) is 24.8 Å². The Morgan fingerprint density at radius 3 is 1.83 bits per heavy atom. The molecular weight excluding hydrogens is 143 g/mol. The van der Waals surface area contributed by atoms with E-state index in [1.807, 2.05) is 0 Å². The molecule has 1 nitrogen and oxygen atoms in total. The molecule has 0 aliphatic heterocycles. The van der Waals surface area contributed by atoms with E-state index in [0.717, 1.165) is 5.32 Å². The maximum atomic E-state index is 8.81. The monoisotopic (exact) mass is 154 g/mol. The van der Waals surface area contributed by atoms with Crippen molar-refractivity contribution >= 4 is 16.0 Å². The maximum absolute atomic E-state index is 8.81. The van der Waals surface area contributed by atoms with Crippen molar-refractivity contribution in [3.63, 3.8) is 0 Å². The summed E-state index contributed by atoms with van der Waals surface area (Å²) in [7, 11) is 0. The molecule has 0 aromatic rings. The van der Waals surface area contributed by atoms with E-state index in [0.29, 0.717) is 0 Å². The second-order valence-electron chi connectivity index (χ2n) is 1.97. The third-order valence-electron chi connectivity index (χ3n) is 0.387. The van der Waals surface area contributed by atoms with Crippen LogP contribution in [0.3, 0.4) is 0 Å². The fourth-order valence-corrected chi connectivity index (χ4v) is 0. The molecule has 0 rings (SSSR count). The van der Waals surface area contributed by atoms with E-state index in [1.54, 1.807) is 13.8 Å². The summed E-state index contributed by atoms with van der Waals surface area (Å²) in [6.07, 6.45) is 0. The molecule has 0 amide bonds. The van der Waals surface area contributed by atoms with Crippen LogP contribution in [0, 0.1) is 0 Å². The average Bonchev–Trinajstić information content (AvgIpc) is 1.35. The van der Waals surface area contributed by atoms with Crippen LogP contribution in [0.1, 0.15) is 13.8 Å². The molecule has 6 heavy (non-hydrogen) atoms. The molecule has 0 unspecified atom stereocenters. The third kappa shape index (κ3) is 4.48. The van der Waals surface area contributed by atoms with Gasteiger partial charge in [-0.15, -0.1) is 0 Å². The van der Waals surface area contributed by atoms with Gasteiger partial charge in [-0.2, -0.15) is 0 Å². The molecule has 0 radical (unpaired) electrons. The van der Waals surface area contributed by atoms with Crippen LogP contribution in [-0.4, -0.2) is 26.7 Å². The average molecular weight is 153 g/mol. The van der Waals surface area contributed by atoms with Crippen LogP contribution in [0.15, 0.2) is 0 Å². The Bertz CT molecular complexity index is 37.3. The van der Waals surface area contributed by atoms with Crippen LogP contribution in [0.4, 0.5) is 0 Å². The van der Waals surface area contributed by atoms with Crippen molar-refractivity contribution in [1.82, 2.24) is 0 Å². The summed E-state index contributed by atoms with van der Waals surface area (Å²) in [5, 5.41) is 9.57. The summed E-state index contributed by atoms with van der Waals surface area (Å²) in [5.41, 5.74) is -0.486. The molecular formula is C4H10OSe. The van der Waals surface area contributed by atoms with E-state index < -0.39 is 5.60 Å². The molecule has 2 heteroatoms. The zero-order valence-corrected chi connectivity index (χ0v) is 5.98. The van der Waals surface area contributed by atoms with Crippen molar-refractivity contribution in [3.05, 3.63) is 0 Å². The first kappa shape index (κ1) is 6.48. The Balaban J connectivity index is 3.17. The van der Waals surface area contributed by atoms with Crippen LogP contribution in [-0.2, 0) is 0 Å². The Kier molecular flexibility index (Phi) is 2.12. The number of hydrogen-bond acceptors (Lipinski definition) is 1. The van der Waals surface area contributed by atoms with Gasteiger partial charge < -0.3 is 0 Å². The predicted octanol–water partition coefficient (Wildman–Crippen LogP) is 0.0764. The van der Waals surface area contributed by atoms with Gasteiger partial charge in [-0.05, 0) is 0 Å². The Morgan fingerprint density at radius 2 is 1.83 bits per heavy atom. The summed E-state index contributed by atoms with van der Waals surface area (Å²) >= 11 is 2.35. The van der Waals surface area contributed by atoms with Gasteiger partial charge in [0.15, 0.2) is 0 Å². The molecule has 0 saturated carbocycles. The first-order valence-electron chi connectivity index (χ1n) is 1.89. The van der Waals surface area contributed by atoms with E-state index in [9.17, 15) is 0 Å². The number of rotatable bonds is 1. The third-order valence-corrected chi connectivity index (χ3v) is 2.01. The molecule has 0 fully saturated rings.